The summed E-state index contributed by atoms with van der Waals surface area (Å²) in [6, 6.07) is 0.827. The summed E-state index contributed by atoms with van der Waals surface area (Å²) in [6.07, 6.45) is 0.0437. The molecule has 0 spiro atoms. The standard InChI is InChI=1S/C16H19N3O5S2/c1-8(13(22)18-14-9(12(17)21)4-6-25-14)24-15(23)10-7-26-16(2)5-3-11(20)19(10)16/h4,6,8,10H,3,5,7H2,1-2H3,(H2,17,21)(H,18,22)/t8-,10+,16-/m0/s1. The minimum Gasteiger partial charge on any atom is -0.451 e. The Hall–Kier alpha value is -2.07. The summed E-state index contributed by atoms with van der Waals surface area (Å²) in [5.41, 5.74) is 5.44. The van der Waals surface area contributed by atoms with E-state index in [-0.39, 0.29) is 16.3 Å². The van der Waals surface area contributed by atoms with Gasteiger partial charge < -0.3 is 20.7 Å². The van der Waals surface area contributed by atoms with Crippen molar-refractivity contribution in [2.24, 2.45) is 5.73 Å². The third-order valence-corrected chi connectivity index (χ3v) is 6.88. The Morgan fingerprint density at radius 2 is 2.19 bits per heavy atom. The van der Waals surface area contributed by atoms with Crippen LogP contribution in [0.3, 0.4) is 0 Å². The third-order valence-electron chi connectivity index (χ3n) is 4.55. The Morgan fingerprint density at radius 1 is 1.46 bits per heavy atom. The third kappa shape index (κ3) is 3.30. The van der Waals surface area contributed by atoms with Gasteiger partial charge in [-0.2, -0.15) is 0 Å². The first kappa shape index (κ1) is 18.7. The molecule has 3 rings (SSSR count). The van der Waals surface area contributed by atoms with Crippen LogP contribution >= 0.6 is 23.1 Å². The molecule has 0 saturated carbocycles. The first-order chi connectivity index (χ1) is 12.2. The Labute approximate surface area is 158 Å². The van der Waals surface area contributed by atoms with E-state index in [9.17, 15) is 19.2 Å². The highest BCUT2D eigenvalue weighted by atomic mass is 32.2. The van der Waals surface area contributed by atoms with Crippen molar-refractivity contribution in [2.75, 3.05) is 11.1 Å². The monoisotopic (exact) mass is 397 g/mol. The number of amides is 3. The highest BCUT2D eigenvalue weighted by Crippen LogP contribution is 2.47. The number of thiophene rings is 1. The number of primary amides is 1. The lowest BCUT2D eigenvalue weighted by Crippen LogP contribution is -2.48. The van der Waals surface area contributed by atoms with Crippen LogP contribution in [0.4, 0.5) is 5.00 Å². The maximum atomic E-state index is 12.5. The largest absolute Gasteiger partial charge is 0.451 e. The number of hydrogen-bond donors (Lipinski definition) is 2. The molecule has 2 aliphatic rings. The Balaban J connectivity index is 1.62. The number of fused-ring (bicyclic) bond motifs is 1. The van der Waals surface area contributed by atoms with Gasteiger partial charge in [-0.05, 0) is 31.7 Å². The zero-order valence-corrected chi connectivity index (χ0v) is 15.9. The minimum absolute atomic E-state index is 0.0683. The molecule has 3 amide bonds. The molecule has 3 atom stereocenters. The minimum atomic E-state index is -1.07. The fourth-order valence-corrected chi connectivity index (χ4v) is 5.33. The molecule has 0 unspecified atom stereocenters. The quantitative estimate of drug-likeness (QED) is 0.720. The second-order valence-electron chi connectivity index (χ2n) is 6.36. The Morgan fingerprint density at radius 3 is 2.88 bits per heavy atom. The number of nitrogens with one attached hydrogen (secondary N) is 1. The molecule has 2 saturated heterocycles. The summed E-state index contributed by atoms with van der Waals surface area (Å²) in [4.78, 5) is 49.4. The maximum Gasteiger partial charge on any atom is 0.330 e. The average Bonchev–Trinajstić information content (AvgIpc) is 3.23. The first-order valence-corrected chi connectivity index (χ1v) is 9.94. The summed E-state index contributed by atoms with van der Waals surface area (Å²) in [5, 5.41) is 4.48. The molecule has 8 nitrogen and oxygen atoms in total. The lowest BCUT2D eigenvalue weighted by molar-refractivity contribution is -0.160. The van der Waals surface area contributed by atoms with Crippen LogP contribution in [-0.4, -0.2) is 51.4 Å². The first-order valence-electron chi connectivity index (χ1n) is 8.08. The van der Waals surface area contributed by atoms with E-state index >= 15 is 0 Å². The molecule has 26 heavy (non-hydrogen) atoms. The van der Waals surface area contributed by atoms with Gasteiger partial charge in [-0.3, -0.25) is 14.4 Å². The van der Waals surface area contributed by atoms with Crippen LogP contribution in [0.5, 0.6) is 0 Å². The summed E-state index contributed by atoms with van der Waals surface area (Å²) in [5.74, 6) is -1.43. The van der Waals surface area contributed by atoms with E-state index in [0.717, 1.165) is 11.3 Å². The van der Waals surface area contributed by atoms with E-state index in [2.05, 4.69) is 5.32 Å². The van der Waals surface area contributed by atoms with Gasteiger partial charge in [0.05, 0.1) is 10.4 Å². The second-order valence-corrected chi connectivity index (χ2v) is 8.78. The van der Waals surface area contributed by atoms with E-state index in [1.54, 1.807) is 22.0 Å². The zero-order valence-electron chi connectivity index (χ0n) is 14.3. The molecule has 0 radical (unpaired) electrons. The van der Waals surface area contributed by atoms with Gasteiger partial charge in [-0.1, -0.05) is 0 Å². The average molecular weight is 397 g/mol. The zero-order chi connectivity index (χ0) is 19.1. The molecule has 2 fully saturated rings. The number of thioether (sulfide) groups is 1. The molecule has 0 aliphatic carbocycles. The molecule has 140 valence electrons. The number of anilines is 1. The van der Waals surface area contributed by atoms with Crippen LogP contribution in [-0.2, 0) is 19.1 Å². The number of ether oxygens (including phenoxy) is 1. The predicted octanol–water partition coefficient (Wildman–Crippen LogP) is 1.17. The van der Waals surface area contributed by atoms with Crippen molar-refractivity contribution in [3.63, 3.8) is 0 Å². The van der Waals surface area contributed by atoms with E-state index in [1.165, 1.54) is 13.0 Å². The van der Waals surface area contributed by atoms with Crippen molar-refractivity contribution in [3.8, 4) is 0 Å². The molecule has 3 N–H and O–H groups in total. The molecule has 0 bridgehead atoms. The molecular formula is C16H19N3O5S2. The van der Waals surface area contributed by atoms with Gasteiger partial charge in [0.25, 0.3) is 11.8 Å². The smallest absolute Gasteiger partial charge is 0.330 e. The number of carbonyl (C=O) groups is 4. The SMILES string of the molecule is C[C@H](OC(=O)[C@H]1CS[C@@]2(C)CCC(=O)N12)C(=O)Nc1sccc1C(N)=O. The Kier molecular flexibility index (Phi) is 4.98. The normalized spacial score (nSPS) is 25.7. The van der Waals surface area contributed by atoms with Gasteiger partial charge in [0.1, 0.15) is 11.0 Å². The number of hydrogen-bond acceptors (Lipinski definition) is 7. The number of esters is 1. The van der Waals surface area contributed by atoms with E-state index in [0.29, 0.717) is 23.6 Å². The van der Waals surface area contributed by atoms with E-state index in [4.69, 9.17) is 10.5 Å². The van der Waals surface area contributed by atoms with Gasteiger partial charge in [0.15, 0.2) is 6.10 Å². The fourth-order valence-electron chi connectivity index (χ4n) is 3.12. The highest BCUT2D eigenvalue weighted by Gasteiger charge is 2.53. The number of rotatable bonds is 5. The van der Waals surface area contributed by atoms with Crippen molar-refractivity contribution in [1.29, 1.82) is 0 Å². The molecular weight excluding hydrogens is 378 g/mol. The molecule has 1 aromatic rings. The summed E-state index contributed by atoms with van der Waals surface area (Å²) < 4.78 is 5.28. The Bertz CT molecular complexity index is 780. The van der Waals surface area contributed by atoms with Gasteiger partial charge >= 0.3 is 5.97 Å². The number of carbonyl (C=O) groups excluding carboxylic acids is 4. The van der Waals surface area contributed by atoms with Crippen LogP contribution in [0.1, 0.15) is 37.0 Å². The van der Waals surface area contributed by atoms with Crippen LogP contribution in [0, 0.1) is 0 Å². The molecule has 10 heteroatoms. The molecule has 3 heterocycles. The summed E-state index contributed by atoms with van der Waals surface area (Å²) >= 11 is 2.70. The fraction of sp³-hybridized carbons (Fsp3) is 0.500. The lowest BCUT2D eigenvalue weighted by Gasteiger charge is -2.29. The van der Waals surface area contributed by atoms with Gasteiger partial charge in [0, 0.05) is 12.2 Å². The lowest BCUT2D eigenvalue weighted by atomic mass is 10.2. The van der Waals surface area contributed by atoms with Gasteiger partial charge in [-0.15, -0.1) is 23.1 Å². The van der Waals surface area contributed by atoms with Crippen LogP contribution < -0.4 is 11.1 Å². The number of nitrogens with two attached hydrogens (primary N) is 1. The van der Waals surface area contributed by atoms with Crippen molar-refractivity contribution in [1.82, 2.24) is 4.90 Å². The van der Waals surface area contributed by atoms with E-state index < -0.39 is 29.9 Å². The summed E-state index contributed by atoms with van der Waals surface area (Å²) in [6.45, 7) is 3.38. The number of nitrogens with zero attached hydrogens (tertiary/aromatic N) is 1. The van der Waals surface area contributed by atoms with Crippen molar-refractivity contribution in [2.45, 2.75) is 43.7 Å². The van der Waals surface area contributed by atoms with Gasteiger partial charge in [0.2, 0.25) is 5.91 Å². The van der Waals surface area contributed by atoms with Crippen molar-refractivity contribution < 1.29 is 23.9 Å². The van der Waals surface area contributed by atoms with Crippen molar-refractivity contribution in [3.05, 3.63) is 17.0 Å². The van der Waals surface area contributed by atoms with Crippen LogP contribution in [0.15, 0.2) is 11.4 Å². The highest BCUT2D eigenvalue weighted by molar-refractivity contribution is 8.01. The maximum absolute atomic E-state index is 12.5. The topological polar surface area (TPSA) is 119 Å². The predicted molar refractivity (Wildman–Crippen MR) is 97.8 cm³/mol. The van der Waals surface area contributed by atoms with Crippen LogP contribution in [0.2, 0.25) is 0 Å². The molecule has 0 aromatic carbocycles. The van der Waals surface area contributed by atoms with Crippen LogP contribution in [0.25, 0.3) is 0 Å². The second kappa shape index (κ2) is 6.92. The summed E-state index contributed by atoms with van der Waals surface area (Å²) in [7, 11) is 0. The van der Waals surface area contributed by atoms with E-state index in [1.807, 2.05) is 6.92 Å². The molecule has 2 aliphatic heterocycles. The van der Waals surface area contributed by atoms with Crippen molar-refractivity contribution >= 4 is 51.8 Å². The molecule has 1 aromatic heterocycles. The van der Waals surface area contributed by atoms with Gasteiger partial charge in [-0.25, -0.2) is 4.79 Å².